The summed E-state index contributed by atoms with van der Waals surface area (Å²) in [5.41, 5.74) is 0.0683. The van der Waals surface area contributed by atoms with Crippen LogP contribution in [0.25, 0.3) is 0 Å². The summed E-state index contributed by atoms with van der Waals surface area (Å²) in [6, 6.07) is 5.05. The van der Waals surface area contributed by atoms with Gasteiger partial charge in [-0.25, -0.2) is 0 Å². The van der Waals surface area contributed by atoms with Crippen LogP contribution in [0.1, 0.15) is 55.4 Å². The molecule has 112 valence electrons. The third-order valence-corrected chi connectivity index (χ3v) is 6.03. The minimum absolute atomic E-state index is 0.195. The number of halogens is 3. The van der Waals surface area contributed by atoms with Crippen molar-refractivity contribution in [1.82, 2.24) is 0 Å². The molecule has 1 fully saturated rings. The van der Waals surface area contributed by atoms with Crippen molar-refractivity contribution in [3.63, 3.8) is 0 Å². The first-order chi connectivity index (χ1) is 9.39. The SMILES string of the molecule is C[C@@H](c1ccc(C(F)(F)F)cc1)[S@@](=O)C1CCCCC1. The molecule has 0 aliphatic heterocycles. The second kappa shape index (κ2) is 6.29. The average Bonchev–Trinajstić information content (AvgIpc) is 2.46. The van der Waals surface area contributed by atoms with Gasteiger partial charge in [-0.1, -0.05) is 31.4 Å². The molecule has 1 aromatic rings. The van der Waals surface area contributed by atoms with Gasteiger partial charge in [0.2, 0.25) is 0 Å². The van der Waals surface area contributed by atoms with Gasteiger partial charge in [-0.2, -0.15) is 13.2 Å². The van der Waals surface area contributed by atoms with Gasteiger partial charge in [0.25, 0.3) is 0 Å². The summed E-state index contributed by atoms with van der Waals surface area (Å²) < 4.78 is 50.0. The van der Waals surface area contributed by atoms with Crippen LogP contribution in [0.2, 0.25) is 0 Å². The number of hydrogen-bond donors (Lipinski definition) is 0. The molecule has 0 saturated heterocycles. The fourth-order valence-corrected chi connectivity index (χ4v) is 4.46. The number of hydrogen-bond acceptors (Lipinski definition) is 1. The highest BCUT2D eigenvalue weighted by Gasteiger charge is 2.31. The predicted octanol–water partition coefficient (Wildman–Crippen LogP) is 4.85. The molecule has 2 atom stereocenters. The summed E-state index contributed by atoms with van der Waals surface area (Å²) in [5, 5.41) is -0.0126. The Kier molecular flexibility index (Phi) is 4.89. The van der Waals surface area contributed by atoms with Gasteiger partial charge in [-0.3, -0.25) is 4.21 Å². The zero-order valence-electron chi connectivity index (χ0n) is 11.5. The van der Waals surface area contributed by atoms with Crippen molar-refractivity contribution in [3.8, 4) is 0 Å². The Bertz CT molecular complexity index is 461. The Morgan fingerprint density at radius 1 is 1.10 bits per heavy atom. The van der Waals surface area contributed by atoms with Crippen LogP contribution < -0.4 is 0 Å². The van der Waals surface area contributed by atoms with Crippen molar-refractivity contribution < 1.29 is 17.4 Å². The van der Waals surface area contributed by atoms with Crippen molar-refractivity contribution in [2.24, 2.45) is 0 Å². The van der Waals surface area contributed by atoms with Gasteiger partial charge in [0.15, 0.2) is 0 Å². The van der Waals surface area contributed by atoms with Crippen LogP contribution in [0.3, 0.4) is 0 Å². The molecule has 1 aliphatic rings. The molecule has 2 rings (SSSR count). The second-order valence-corrected chi connectivity index (χ2v) is 7.38. The molecule has 1 aromatic carbocycles. The number of rotatable bonds is 3. The van der Waals surface area contributed by atoms with Crippen molar-refractivity contribution in [1.29, 1.82) is 0 Å². The largest absolute Gasteiger partial charge is 0.416 e. The highest BCUT2D eigenvalue weighted by Crippen LogP contribution is 2.33. The molecular formula is C15H19F3OS. The Labute approximate surface area is 120 Å². The molecule has 0 unspecified atom stereocenters. The zero-order valence-corrected chi connectivity index (χ0v) is 12.3. The minimum atomic E-state index is -4.32. The van der Waals surface area contributed by atoms with E-state index < -0.39 is 22.5 Å². The number of benzene rings is 1. The molecule has 0 radical (unpaired) electrons. The fourth-order valence-electron chi connectivity index (χ4n) is 2.66. The monoisotopic (exact) mass is 304 g/mol. The molecule has 1 nitrogen and oxygen atoms in total. The predicted molar refractivity (Wildman–Crippen MR) is 74.9 cm³/mol. The standard InChI is InChI=1S/C15H19F3OS/c1-11(20(19)14-5-3-2-4-6-14)12-7-9-13(10-8-12)15(16,17)18/h7-11,14H,2-6H2,1H3/t11-,20+/m0/s1. The van der Waals surface area contributed by atoms with Crippen LogP contribution in [0.15, 0.2) is 24.3 Å². The maximum Gasteiger partial charge on any atom is 0.416 e. The van der Waals surface area contributed by atoms with E-state index in [1.54, 1.807) is 0 Å². The van der Waals surface area contributed by atoms with Gasteiger partial charge in [0.1, 0.15) is 0 Å². The second-order valence-electron chi connectivity index (χ2n) is 5.35. The summed E-state index contributed by atoms with van der Waals surface area (Å²) in [6.07, 6.45) is 1.04. The Hall–Kier alpha value is -0.840. The Balaban J connectivity index is 2.08. The lowest BCUT2D eigenvalue weighted by molar-refractivity contribution is -0.137. The van der Waals surface area contributed by atoms with E-state index in [0.717, 1.165) is 43.4 Å². The van der Waals surface area contributed by atoms with Crippen LogP contribution >= 0.6 is 0 Å². The van der Waals surface area contributed by atoms with E-state index in [1.807, 2.05) is 6.92 Å². The van der Waals surface area contributed by atoms with Gasteiger partial charge >= 0.3 is 6.18 Å². The third-order valence-electron chi connectivity index (χ3n) is 3.94. The average molecular weight is 304 g/mol. The third kappa shape index (κ3) is 3.62. The minimum Gasteiger partial charge on any atom is -0.259 e. The quantitative estimate of drug-likeness (QED) is 0.780. The number of alkyl halides is 3. The van der Waals surface area contributed by atoms with Crippen molar-refractivity contribution in [3.05, 3.63) is 35.4 Å². The first-order valence-corrected chi connectivity index (χ1v) is 8.24. The van der Waals surface area contributed by atoms with Crippen LogP contribution in [-0.2, 0) is 17.0 Å². The Morgan fingerprint density at radius 2 is 1.65 bits per heavy atom. The molecule has 1 saturated carbocycles. The summed E-state index contributed by atoms with van der Waals surface area (Å²) >= 11 is 0. The fraction of sp³-hybridized carbons (Fsp3) is 0.600. The van der Waals surface area contributed by atoms with Crippen LogP contribution in [0.5, 0.6) is 0 Å². The molecule has 0 N–H and O–H groups in total. The highest BCUT2D eigenvalue weighted by molar-refractivity contribution is 7.85. The maximum atomic E-state index is 12.5. The molecule has 5 heteroatoms. The summed E-state index contributed by atoms with van der Waals surface area (Å²) in [6.45, 7) is 1.84. The van der Waals surface area contributed by atoms with Crippen LogP contribution in [0, 0.1) is 0 Å². The van der Waals surface area contributed by atoms with E-state index in [-0.39, 0.29) is 10.5 Å². The van der Waals surface area contributed by atoms with Gasteiger partial charge in [0, 0.05) is 16.0 Å². The van der Waals surface area contributed by atoms with Gasteiger partial charge < -0.3 is 0 Å². The van der Waals surface area contributed by atoms with E-state index in [0.29, 0.717) is 0 Å². The normalized spacial score (nSPS) is 20.6. The first kappa shape index (κ1) is 15.5. The highest BCUT2D eigenvalue weighted by atomic mass is 32.2. The van der Waals surface area contributed by atoms with Crippen LogP contribution in [0.4, 0.5) is 13.2 Å². The molecule has 0 spiro atoms. The topological polar surface area (TPSA) is 17.1 Å². The van der Waals surface area contributed by atoms with E-state index in [2.05, 4.69) is 0 Å². The van der Waals surface area contributed by atoms with Crippen molar-refractivity contribution >= 4 is 10.8 Å². The lowest BCUT2D eigenvalue weighted by atomic mass is 10.0. The van der Waals surface area contributed by atoms with Gasteiger partial charge in [-0.05, 0) is 37.5 Å². The van der Waals surface area contributed by atoms with Gasteiger partial charge in [-0.15, -0.1) is 0 Å². The molecule has 20 heavy (non-hydrogen) atoms. The van der Waals surface area contributed by atoms with E-state index in [9.17, 15) is 17.4 Å². The molecule has 0 aromatic heterocycles. The van der Waals surface area contributed by atoms with Crippen LogP contribution in [-0.4, -0.2) is 9.46 Å². The molecule has 0 bridgehead atoms. The summed E-state index contributed by atoms with van der Waals surface area (Å²) in [5.74, 6) is 0. The molecule has 1 aliphatic carbocycles. The first-order valence-electron chi connectivity index (χ1n) is 6.96. The zero-order chi connectivity index (χ0) is 14.8. The van der Waals surface area contributed by atoms with Crippen molar-refractivity contribution in [2.75, 3.05) is 0 Å². The summed E-state index contributed by atoms with van der Waals surface area (Å²) in [7, 11) is -1.01. The summed E-state index contributed by atoms with van der Waals surface area (Å²) in [4.78, 5) is 0. The lowest BCUT2D eigenvalue weighted by Gasteiger charge is -2.24. The molecule has 0 heterocycles. The van der Waals surface area contributed by atoms with E-state index >= 15 is 0 Å². The van der Waals surface area contributed by atoms with Gasteiger partial charge in [0.05, 0.1) is 10.8 Å². The maximum absolute atomic E-state index is 12.5. The molecular weight excluding hydrogens is 285 g/mol. The Morgan fingerprint density at radius 3 is 2.15 bits per heavy atom. The van der Waals surface area contributed by atoms with E-state index in [1.165, 1.54) is 18.6 Å². The van der Waals surface area contributed by atoms with Crippen molar-refractivity contribution in [2.45, 2.75) is 55.7 Å². The lowest BCUT2D eigenvalue weighted by Crippen LogP contribution is -2.22. The van der Waals surface area contributed by atoms with E-state index in [4.69, 9.17) is 0 Å². The molecule has 0 amide bonds. The smallest absolute Gasteiger partial charge is 0.259 e.